The van der Waals surface area contributed by atoms with Crippen molar-refractivity contribution in [3.05, 3.63) is 88.7 Å². The number of hydrazine groups is 1. The first-order valence-corrected chi connectivity index (χ1v) is 12.0. The molecule has 0 bridgehead atoms. The third kappa shape index (κ3) is 4.49. The highest BCUT2D eigenvalue weighted by molar-refractivity contribution is 5.93. The first-order valence-electron chi connectivity index (χ1n) is 12.0. The normalized spacial score (nSPS) is 19.2. The predicted octanol–water partition coefficient (Wildman–Crippen LogP) is 4.92. The minimum Gasteiger partial charge on any atom is -0.283 e. The van der Waals surface area contributed by atoms with Crippen LogP contribution in [0, 0.1) is 0 Å². The van der Waals surface area contributed by atoms with E-state index in [1.807, 2.05) is 6.07 Å². The first kappa shape index (κ1) is 21.0. The summed E-state index contributed by atoms with van der Waals surface area (Å²) in [5.41, 5.74) is 8.65. The lowest BCUT2D eigenvalue weighted by Gasteiger charge is -2.25. The van der Waals surface area contributed by atoms with Gasteiger partial charge in [0.2, 0.25) is 0 Å². The Balaban J connectivity index is 1.51. The second-order valence-corrected chi connectivity index (χ2v) is 9.05. The molecule has 2 heterocycles. The van der Waals surface area contributed by atoms with E-state index in [1.54, 1.807) is 0 Å². The van der Waals surface area contributed by atoms with Crippen molar-refractivity contribution in [2.45, 2.75) is 57.4 Å². The molecule has 166 valence electrons. The Morgan fingerprint density at radius 1 is 0.906 bits per heavy atom. The maximum atomic E-state index is 13.4. The highest BCUT2D eigenvalue weighted by atomic mass is 16.2. The number of nitrogens with one attached hydrogen (secondary N) is 1. The van der Waals surface area contributed by atoms with E-state index in [-0.39, 0.29) is 11.8 Å². The van der Waals surface area contributed by atoms with Crippen LogP contribution in [0.5, 0.6) is 0 Å². The van der Waals surface area contributed by atoms with Crippen LogP contribution in [0.25, 0.3) is 0 Å². The molecule has 32 heavy (non-hydrogen) atoms. The summed E-state index contributed by atoms with van der Waals surface area (Å²) in [6, 6.07) is 21.1. The van der Waals surface area contributed by atoms with Gasteiger partial charge in [0, 0.05) is 24.6 Å². The minimum atomic E-state index is -0.0522. The molecule has 1 N–H and O–H groups in total. The van der Waals surface area contributed by atoms with Crippen LogP contribution in [0.15, 0.2) is 60.7 Å². The van der Waals surface area contributed by atoms with Crippen molar-refractivity contribution < 1.29 is 4.79 Å². The fourth-order valence-electron chi connectivity index (χ4n) is 5.22. The van der Waals surface area contributed by atoms with Gasteiger partial charge < -0.3 is 0 Å². The molecule has 1 saturated heterocycles. The maximum Gasteiger partial charge on any atom is 0.286 e. The number of hydrogen-bond acceptors (Lipinski definition) is 3. The van der Waals surface area contributed by atoms with Crippen molar-refractivity contribution in [1.82, 2.24) is 20.2 Å². The number of carbonyl (C=O) groups is 1. The number of nitrogens with zero attached hydrogens (tertiary/aromatic N) is 3. The molecule has 1 aliphatic heterocycles. The van der Waals surface area contributed by atoms with Crippen LogP contribution in [-0.4, -0.2) is 33.8 Å². The number of hydrogen-bond donors (Lipinski definition) is 1. The summed E-state index contributed by atoms with van der Waals surface area (Å²) in [6.45, 7) is 2.53. The first-order chi connectivity index (χ1) is 15.8. The number of carbonyl (C=O) groups excluding carboxylic acids is 1. The molecule has 5 rings (SSSR count). The molecule has 0 spiro atoms. The van der Waals surface area contributed by atoms with Crippen molar-refractivity contribution in [3.63, 3.8) is 0 Å². The topological polar surface area (TPSA) is 50.2 Å². The van der Waals surface area contributed by atoms with E-state index in [9.17, 15) is 4.79 Å². The van der Waals surface area contributed by atoms with Crippen molar-refractivity contribution in [1.29, 1.82) is 0 Å². The summed E-state index contributed by atoms with van der Waals surface area (Å²) in [4.78, 5) is 13.4. The average Bonchev–Trinajstić information content (AvgIpc) is 3.01. The standard InChI is InChI=1S/C27H32N4O/c32-27(29-30-18-9-1-2-10-19-30)25-24-17-11-16-23(22-14-7-4-8-15-22)26(24)31(28-25)20-21-12-5-3-6-13-21/h3-8,12-15,23H,1-2,9-11,16-20H2,(H,29,32). The van der Waals surface area contributed by atoms with Crippen LogP contribution in [0.2, 0.25) is 0 Å². The molecular formula is C27H32N4O. The number of benzene rings is 2. The van der Waals surface area contributed by atoms with Gasteiger partial charge in [-0.3, -0.25) is 14.9 Å². The molecule has 0 saturated carbocycles. The zero-order chi connectivity index (χ0) is 21.8. The van der Waals surface area contributed by atoms with Gasteiger partial charge in [0.15, 0.2) is 5.69 Å². The van der Waals surface area contributed by atoms with Gasteiger partial charge in [-0.1, -0.05) is 73.5 Å². The molecule has 1 fully saturated rings. The van der Waals surface area contributed by atoms with E-state index in [2.05, 4.69) is 69.7 Å². The average molecular weight is 429 g/mol. The van der Waals surface area contributed by atoms with Crippen LogP contribution in [0.4, 0.5) is 0 Å². The quantitative estimate of drug-likeness (QED) is 0.628. The molecule has 1 amide bonds. The fourth-order valence-corrected chi connectivity index (χ4v) is 5.22. The summed E-state index contributed by atoms with van der Waals surface area (Å²) in [7, 11) is 0. The Kier molecular flexibility index (Phi) is 6.35. The summed E-state index contributed by atoms with van der Waals surface area (Å²) in [6.07, 6.45) is 7.83. The number of rotatable bonds is 5. The van der Waals surface area contributed by atoms with Crippen LogP contribution in [-0.2, 0) is 13.0 Å². The lowest BCUT2D eigenvalue weighted by atomic mass is 9.82. The second-order valence-electron chi connectivity index (χ2n) is 9.05. The molecule has 3 aromatic rings. The zero-order valence-electron chi connectivity index (χ0n) is 18.7. The van der Waals surface area contributed by atoms with Crippen LogP contribution in [0.3, 0.4) is 0 Å². The Labute approximate surface area is 190 Å². The summed E-state index contributed by atoms with van der Waals surface area (Å²) >= 11 is 0. The van der Waals surface area contributed by atoms with Gasteiger partial charge in [0.25, 0.3) is 5.91 Å². The lowest BCUT2D eigenvalue weighted by molar-refractivity contribution is 0.0787. The summed E-state index contributed by atoms with van der Waals surface area (Å²) < 4.78 is 2.10. The molecule has 2 aliphatic rings. The van der Waals surface area contributed by atoms with Crippen molar-refractivity contribution >= 4 is 5.91 Å². The Morgan fingerprint density at radius 2 is 1.59 bits per heavy atom. The maximum absolute atomic E-state index is 13.4. The molecule has 1 aliphatic carbocycles. The number of fused-ring (bicyclic) bond motifs is 1. The zero-order valence-corrected chi connectivity index (χ0v) is 18.7. The van der Waals surface area contributed by atoms with Crippen LogP contribution < -0.4 is 5.43 Å². The summed E-state index contributed by atoms with van der Waals surface area (Å²) in [5, 5.41) is 7.02. The summed E-state index contributed by atoms with van der Waals surface area (Å²) in [5.74, 6) is 0.222. The molecular weight excluding hydrogens is 396 g/mol. The Morgan fingerprint density at radius 3 is 2.31 bits per heavy atom. The molecule has 1 unspecified atom stereocenters. The van der Waals surface area contributed by atoms with E-state index in [0.717, 1.165) is 50.8 Å². The number of amides is 1. The van der Waals surface area contributed by atoms with E-state index in [1.165, 1.54) is 29.7 Å². The molecule has 0 radical (unpaired) electrons. The predicted molar refractivity (Wildman–Crippen MR) is 127 cm³/mol. The van der Waals surface area contributed by atoms with E-state index in [4.69, 9.17) is 5.10 Å². The Hall–Kier alpha value is -2.92. The van der Waals surface area contributed by atoms with E-state index < -0.39 is 0 Å². The van der Waals surface area contributed by atoms with Crippen molar-refractivity contribution in [2.75, 3.05) is 13.1 Å². The van der Waals surface area contributed by atoms with Crippen molar-refractivity contribution in [3.8, 4) is 0 Å². The van der Waals surface area contributed by atoms with Crippen molar-refractivity contribution in [2.24, 2.45) is 0 Å². The van der Waals surface area contributed by atoms with Crippen LogP contribution >= 0.6 is 0 Å². The smallest absolute Gasteiger partial charge is 0.283 e. The third-order valence-corrected chi connectivity index (χ3v) is 6.80. The lowest BCUT2D eigenvalue weighted by Crippen LogP contribution is -2.43. The van der Waals surface area contributed by atoms with Gasteiger partial charge in [-0.25, -0.2) is 5.01 Å². The van der Waals surface area contributed by atoms with Crippen LogP contribution in [0.1, 0.15) is 77.3 Å². The fraction of sp³-hybridized carbons (Fsp3) is 0.407. The second kappa shape index (κ2) is 9.70. The molecule has 1 atom stereocenters. The number of aromatic nitrogens is 2. The van der Waals surface area contributed by atoms with E-state index in [0.29, 0.717) is 12.2 Å². The SMILES string of the molecule is O=C(NN1CCCCCC1)c1nn(Cc2ccccc2)c2c1CCCC2c1ccccc1. The van der Waals surface area contributed by atoms with Gasteiger partial charge in [-0.2, -0.15) is 5.10 Å². The van der Waals surface area contributed by atoms with Gasteiger partial charge >= 0.3 is 0 Å². The molecule has 2 aromatic carbocycles. The Bertz CT molecular complexity index is 1040. The van der Waals surface area contributed by atoms with E-state index >= 15 is 0 Å². The third-order valence-electron chi connectivity index (χ3n) is 6.80. The molecule has 1 aromatic heterocycles. The molecule has 5 heteroatoms. The van der Waals surface area contributed by atoms with Gasteiger partial charge in [0.05, 0.1) is 12.2 Å². The minimum absolute atomic E-state index is 0.0522. The highest BCUT2D eigenvalue weighted by Gasteiger charge is 2.32. The van der Waals surface area contributed by atoms with Gasteiger partial charge in [-0.15, -0.1) is 0 Å². The largest absolute Gasteiger partial charge is 0.286 e. The monoisotopic (exact) mass is 428 g/mol. The molecule has 5 nitrogen and oxygen atoms in total. The van der Waals surface area contributed by atoms with Gasteiger partial charge in [0.1, 0.15) is 0 Å². The van der Waals surface area contributed by atoms with Gasteiger partial charge in [-0.05, 0) is 43.2 Å². The highest BCUT2D eigenvalue weighted by Crippen LogP contribution is 2.38.